The Morgan fingerprint density at radius 2 is 1.94 bits per heavy atom. The Labute approximate surface area is 100 Å². The highest BCUT2D eigenvalue weighted by molar-refractivity contribution is 5.85. The molecule has 1 saturated carbocycles. The van der Waals surface area contributed by atoms with Crippen LogP contribution < -0.4 is 10.9 Å². The first-order chi connectivity index (χ1) is 8.22. The van der Waals surface area contributed by atoms with Crippen LogP contribution in [0.4, 0.5) is 0 Å². The number of rotatable bonds is 3. The molecular weight excluding hydrogens is 216 g/mol. The zero-order chi connectivity index (χ0) is 12.3. The third-order valence-electron chi connectivity index (χ3n) is 3.00. The van der Waals surface area contributed by atoms with E-state index in [1.54, 1.807) is 6.92 Å². The SMILES string of the molecule is CCC(=O)NNC(=O)C1CC1c1ccccc1. The van der Waals surface area contributed by atoms with Gasteiger partial charge in [0.25, 0.3) is 0 Å². The molecule has 4 heteroatoms. The summed E-state index contributed by atoms with van der Waals surface area (Å²) in [4.78, 5) is 22.7. The van der Waals surface area contributed by atoms with Gasteiger partial charge in [0.1, 0.15) is 0 Å². The maximum absolute atomic E-state index is 11.7. The molecule has 0 heterocycles. The molecule has 4 nitrogen and oxygen atoms in total. The van der Waals surface area contributed by atoms with Crippen LogP contribution in [0.1, 0.15) is 31.2 Å². The summed E-state index contributed by atoms with van der Waals surface area (Å²) in [6.07, 6.45) is 1.23. The molecule has 1 aliphatic carbocycles. The zero-order valence-corrected chi connectivity index (χ0v) is 9.77. The molecule has 1 aromatic rings. The van der Waals surface area contributed by atoms with Gasteiger partial charge in [-0.15, -0.1) is 0 Å². The fourth-order valence-electron chi connectivity index (χ4n) is 1.87. The van der Waals surface area contributed by atoms with Gasteiger partial charge in [-0.3, -0.25) is 20.4 Å². The fourth-order valence-corrected chi connectivity index (χ4v) is 1.87. The smallest absolute Gasteiger partial charge is 0.242 e. The van der Waals surface area contributed by atoms with E-state index in [9.17, 15) is 9.59 Å². The van der Waals surface area contributed by atoms with Gasteiger partial charge < -0.3 is 0 Å². The van der Waals surface area contributed by atoms with Crippen molar-refractivity contribution in [2.75, 3.05) is 0 Å². The summed E-state index contributed by atoms with van der Waals surface area (Å²) in [5.74, 6) is 0.0280. The number of nitrogens with one attached hydrogen (secondary N) is 2. The van der Waals surface area contributed by atoms with Crippen LogP contribution >= 0.6 is 0 Å². The normalized spacial score (nSPS) is 21.7. The predicted molar refractivity (Wildman–Crippen MR) is 63.9 cm³/mol. The number of benzene rings is 1. The summed E-state index contributed by atoms with van der Waals surface area (Å²) in [6.45, 7) is 1.74. The van der Waals surface area contributed by atoms with Crippen molar-refractivity contribution < 1.29 is 9.59 Å². The quantitative estimate of drug-likeness (QED) is 0.773. The van der Waals surface area contributed by atoms with Crippen LogP contribution in [0.3, 0.4) is 0 Å². The average Bonchev–Trinajstić information content (AvgIpc) is 3.17. The molecule has 0 spiro atoms. The van der Waals surface area contributed by atoms with Crippen LogP contribution in [-0.4, -0.2) is 11.8 Å². The molecule has 0 bridgehead atoms. The van der Waals surface area contributed by atoms with E-state index in [0.717, 1.165) is 6.42 Å². The van der Waals surface area contributed by atoms with Gasteiger partial charge >= 0.3 is 0 Å². The first kappa shape index (κ1) is 11.6. The lowest BCUT2D eigenvalue weighted by Gasteiger charge is -2.05. The highest BCUT2D eigenvalue weighted by Crippen LogP contribution is 2.47. The second-order valence-corrected chi connectivity index (χ2v) is 4.25. The molecule has 1 fully saturated rings. The summed E-state index contributed by atoms with van der Waals surface area (Å²) in [5, 5.41) is 0. The van der Waals surface area contributed by atoms with Gasteiger partial charge in [0.2, 0.25) is 11.8 Å². The number of hydrazine groups is 1. The third kappa shape index (κ3) is 2.84. The molecule has 0 radical (unpaired) electrons. The van der Waals surface area contributed by atoms with Gasteiger partial charge in [0.15, 0.2) is 0 Å². The Hall–Kier alpha value is -1.84. The van der Waals surface area contributed by atoms with Crippen molar-refractivity contribution >= 4 is 11.8 Å². The Balaban J connectivity index is 1.83. The summed E-state index contributed by atoms with van der Waals surface area (Å²) >= 11 is 0. The zero-order valence-electron chi connectivity index (χ0n) is 9.77. The van der Waals surface area contributed by atoms with Gasteiger partial charge in [0, 0.05) is 12.3 Å². The van der Waals surface area contributed by atoms with Crippen molar-refractivity contribution in [1.29, 1.82) is 0 Å². The largest absolute Gasteiger partial charge is 0.273 e. The van der Waals surface area contributed by atoms with Gasteiger partial charge in [-0.1, -0.05) is 37.3 Å². The van der Waals surface area contributed by atoms with E-state index in [2.05, 4.69) is 10.9 Å². The highest BCUT2D eigenvalue weighted by Gasteiger charge is 2.43. The number of carbonyl (C=O) groups excluding carboxylic acids is 2. The van der Waals surface area contributed by atoms with Crippen LogP contribution in [0.2, 0.25) is 0 Å². The fraction of sp³-hybridized carbons (Fsp3) is 0.385. The first-order valence-electron chi connectivity index (χ1n) is 5.86. The van der Waals surface area contributed by atoms with Crippen molar-refractivity contribution in [3.05, 3.63) is 35.9 Å². The number of hydrogen-bond acceptors (Lipinski definition) is 2. The van der Waals surface area contributed by atoms with E-state index < -0.39 is 0 Å². The summed E-state index contributed by atoms with van der Waals surface area (Å²) in [7, 11) is 0. The number of carbonyl (C=O) groups is 2. The molecule has 2 atom stereocenters. The van der Waals surface area contributed by atoms with Crippen LogP contribution in [0.25, 0.3) is 0 Å². The molecule has 90 valence electrons. The van der Waals surface area contributed by atoms with Crippen molar-refractivity contribution in [2.45, 2.75) is 25.7 Å². The van der Waals surface area contributed by atoms with Crippen LogP contribution in [0.5, 0.6) is 0 Å². The Morgan fingerprint density at radius 3 is 2.59 bits per heavy atom. The molecule has 0 aromatic heterocycles. The summed E-state index contributed by atoms with van der Waals surface area (Å²) < 4.78 is 0. The standard InChI is InChI=1S/C13H16N2O2/c1-2-12(16)14-15-13(17)11-8-10(11)9-6-4-3-5-7-9/h3-7,10-11H,2,8H2,1H3,(H,14,16)(H,15,17). The van der Waals surface area contributed by atoms with Crippen LogP contribution in [0, 0.1) is 5.92 Å². The van der Waals surface area contributed by atoms with Crippen LogP contribution in [-0.2, 0) is 9.59 Å². The minimum absolute atomic E-state index is 0.00504. The highest BCUT2D eigenvalue weighted by atomic mass is 16.2. The van der Waals surface area contributed by atoms with E-state index >= 15 is 0 Å². The molecule has 0 aliphatic heterocycles. The molecule has 2 N–H and O–H groups in total. The maximum Gasteiger partial charge on any atom is 0.242 e. The van der Waals surface area contributed by atoms with Crippen molar-refractivity contribution in [3.8, 4) is 0 Å². The molecule has 1 aromatic carbocycles. The first-order valence-corrected chi connectivity index (χ1v) is 5.86. The molecular formula is C13H16N2O2. The molecule has 0 saturated heterocycles. The summed E-state index contributed by atoms with van der Waals surface area (Å²) in [5.41, 5.74) is 6.03. The second-order valence-electron chi connectivity index (χ2n) is 4.25. The minimum Gasteiger partial charge on any atom is -0.273 e. The van der Waals surface area contributed by atoms with Crippen molar-refractivity contribution in [1.82, 2.24) is 10.9 Å². The van der Waals surface area contributed by atoms with E-state index in [0.29, 0.717) is 12.3 Å². The number of amides is 2. The molecule has 2 amide bonds. The van der Waals surface area contributed by atoms with Crippen molar-refractivity contribution in [3.63, 3.8) is 0 Å². The van der Waals surface area contributed by atoms with Gasteiger partial charge in [-0.05, 0) is 17.9 Å². The van der Waals surface area contributed by atoms with E-state index in [4.69, 9.17) is 0 Å². The molecule has 17 heavy (non-hydrogen) atoms. The van der Waals surface area contributed by atoms with Crippen molar-refractivity contribution in [2.24, 2.45) is 5.92 Å². The van der Waals surface area contributed by atoms with E-state index in [1.165, 1.54) is 5.56 Å². The molecule has 1 aliphatic rings. The lowest BCUT2D eigenvalue weighted by atomic mass is 10.1. The van der Waals surface area contributed by atoms with E-state index in [-0.39, 0.29) is 17.7 Å². The predicted octanol–water partition coefficient (Wildman–Crippen LogP) is 1.35. The van der Waals surface area contributed by atoms with Gasteiger partial charge in [-0.25, -0.2) is 0 Å². The monoisotopic (exact) mass is 232 g/mol. The lowest BCUT2D eigenvalue weighted by molar-refractivity contribution is -0.129. The second kappa shape index (κ2) is 4.99. The summed E-state index contributed by atoms with van der Waals surface area (Å²) in [6, 6.07) is 9.97. The van der Waals surface area contributed by atoms with Gasteiger partial charge in [-0.2, -0.15) is 0 Å². The van der Waals surface area contributed by atoms with E-state index in [1.807, 2.05) is 30.3 Å². The number of hydrogen-bond donors (Lipinski definition) is 2. The minimum atomic E-state index is -0.171. The molecule has 2 rings (SSSR count). The topological polar surface area (TPSA) is 58.2 Å². The Kier molecular flexibility index (Phi) is 3.42. The average molecular weight is 232 g/mol. The maximum atomic E-state index is 11.7. The van der Waals surface area contributed by atoms with Crippen LogP contribution in [0.15, 0.2) is 30.3 Å². The molecule has 2 unspecified atom stereocenters. The third-order valence-corrected chi connectivity index (χ3v) is 3.00. The van der Waals surface area contributed by atoms with Gasteiger partial charge in [0.05, 0.1) is 0 Å². The Bertz CT molecular complexity index is 417. The Morgan fingerprint density at radius 1 is 1.24 bits per heavy atom. The lowest BCUT2D eigenvalue weighted by Crippen LogP contribution is -2.42.